The Kier molecular flexibility index (Phi) is 4.22. The zero-order valence-corrected chi connectivity index (χ0v) is 9.94. The molecule has 0 fully saturated rings. The quantitative estimate of drug-likeness (QED) is 0.572. The molecule has 1 unspecified atom stereocenters. The minimum atomic E-state index is -1.38. The van der Waals surface area contributed by atoms with Crippen LogP contribution in [0.25, 0.3) is 0 Å². The SMILES string of the molecule is CCOC(=O)C(N)C(=O)Nc1onc(C)c1C. The number of esters is 1. The predicted molar refractivity (Wildman–Crippen MR) is 59.2 cm³/mol. The molecule has 94 valence electrons. The van der Waals surface area contributed by atoms with Crippen molar-refractivity contribution in [3.8, 4) is 0 Å². The Hall–Kier alpha value is -1.89. The summed E-state index contributed by atoms with van der Waals surface area (Å²) in [7, 11) is 0. The number of amides is 1. The maximum atomic E-state index is 11.6. The van der Waals surface area contributed by atoms with Crippen LogP contribution in [0, 0.1) is 13.8 Å². The molecule has 7 nitrogen and oxygen atoms in total. The second kappa shape index (κ2) is 5.44. The minimum Gasteiger partial charge on any atom is -0.464 e. The zero-order valence-electron chi connectivity index (χ0n) is 9.94. The van der Waals surface area contributed by atoms with Gasteiger partial charge in [0.2, 0.25) is 5.88 Å². The maximum absolute atomic E-state index is 11.6. The van der Waals surface area contributed by atoms with Crippen molar-refractivity contribution in [1.82, 2.24) is 5.16 Å². The number of nitrogens with one attached hydrogen (secondary N) is 1. The number of anilines is 1. The standard InChI is InChI=1S/C10H15N3O4/c1-4-16-10(15)7(11)8(14)12-9-5(2)6(3)13-17-9/h7H,4,11H2,1-3H3,(H,12,14). The molecule has 0 aromatic carbocycles. The molecule has 1 heterocycles. The summed E-state index contributed by atoms with van der Waals surface area (Å²) in [4.78, 5) is 22.8. The van der Waals surface area contributed by atoms with Gasteiger partial charge in [-0.25, -0.2) is 4.79 Å². The van der Waals surface area contributed by atoms with Gasteiger partial charge in [0.1, 0.15) is 0 Å². The van der Waals surface area contributed by atoms with Gasteiger partial charge in [-0.2, -0.15) is 0 Å². The van der Waals surface area contributed by atoms with Gasteiger partial charge >= 0.3 is 5.97 Å². The van der Waals surface area contributed by atoms with Gasteiger partial charge in [0, 0.05) is 5.56 Å². The van der Waals surface area contributed by atoms with Crippen molar-refractivity contribution in [3.63, 3.8) is 0 Å². The van der Waals surface area contributed by atoms with Crippen LogP contribution in [0.15, 0.2) is 4.52 Å². The summed E-state index contributed by atoms with van der Waals surface area (Å²) in [5.41, 5.74) is 6.75. The Morgan fingerprint density at radius 2 is 2.18 bits per heavy atom. The van der Waals surface area contributed by atoms with E-state index in [9.17, 15) is 9.59 Å². The van der Waals surface area contributed by atoms with E-state index in [2.05, 4.69) is 15.2 Å². The van der Waals surface area contributed by atoms with Crippen LogP contribution < -0.4 is 11.1 Å². The number of nitrogens with two attached hydrogens (primary N) is 1. The molecule has 0 saturated carbocycles. The highest BCUT2D eigenvalue weighted by Crippen LogP contribution is 2.17. The summed E-state index contributed by atoms with van der Waals surface area (Å²) >= 11 is 0. The fraction of sp³-hybridized carbons (Fsp3) is 0.500. The van der Waals surface area contributed by atoms with Crippen LogP contribution in [-0.4, -0.2) is 29.7 Å². The van der Waals surface area contributed by atoms with E-state index in [-0.39, 0.29) is 12.5 Å². The van der Waals surface area contributed by atoms with E-state index in [1.54, 1.807) is 20.8 Å². The summed E-state index contributed by atoms with van der Waals surface area (Å²) in [6.45, 7) is 5.27. The van der Waals surface area contributed by atoms with Crippen molar-refractivity contribution in [2.75, 3.05) is 11.9 Å². The molecule has 17 heavy (non-hydrogen) atoms. The van der Waals surface area contributed by atoms with E-state index in [4.69, 9.17) is 10.3 Å². The average Bonchev–Trinajstić information content (AvgIpc) is 2.60. The largest absolute Gasteiger partial charge is 0.464 e. The molecule has 1 rings (SSSR count). The van der Waals surface area contributed by atoms with Crippen LogP contribution in [0.4, 0.5) is 5.88 Å². The summed E-state index contributed by atoms with van der Waals surface area (Å²) in [5, 5.41) is 6.04. The monoisotopic (exact) mass is 241 g/mol. The van der Waals surface area contributed by atoms with Gasteiger partial charge in [-0.3, -0.25) is 10.1 Å². The fourth-order valence-corrected chi connectivity index (χ4v) is 1.06. The van der Waals surface area contributed by atoms with Crippen LogP contribution in [0.2, 0.25) is 0 Å². The lowest BCUT2D eigenvalue weighted by molar-refractivity contribution is -0.146. The summed E-state index contributed by atoms with van der Waals surface area (Å²) in [5.74, 6) is -1.28. The molecule has 1 aromatic rings. The Bertz CT molecular complexity index is 427. The van der Waals surface area contributed by atoms with Gasteiger partial charge in [0.25, 0.3) is 5.91 Å². The molecular weight excluding hydrogens is 226 g/mol. The average molecular weight is 241 g/mol. The number of hydrogen-bond donors (Lipinski definition) is 2. The minimum absolute atomic E-state index is 0.167. The lowest BCUT2D eigenvalue weighted by Crippen LogP contribution is -2.43. The lowest BCUT2D eigenvalue weighted by atomic mass is 10.2. The Balaban J connectivity index is 2.66. The van der Waals surface area contributed by atoms with Crippen molar-refractivity contribution in [3.05, 3.63) is 11.3 Å². The molecule has 0 spiro atoms. The van der Waals surface area contributed by atoms with E-state index in [0.717, 1.165) is 0 Å². The van der Waals surface area contributed by atoms with E-state index < -0.39 is 17.9 Å². The highest BCUT2D eigenvalue weighted by Gasteiger charge is 2.25. The van der Waals surface area contributed by atoms with Gasteiger partial charge < -0.3 is 15.0 Å². The first kappa shape index (κ1) is 13.2. The smallest absolute Gasteiger partial charge is 0.332 e. The van der Waals surface area contributed by atoms with Crippen molar-refractivity contribution < 1.29 is 18.8 Å². The molecule has 0 bridgehead atoms. The van der Waals surface area contributed by atoms with E-state index >= 15 is 0 Å². The predicted octanol–water partition coefficient (Wildman–Crippen LogP) is 0.120. The molecule has 0 aliphatic rings. The number of rotatable bonds is 4. The molecule has 0 radical (unpaired) electrons. The number of carbonyl (C=O) groups excluding carboxylic acids is 2. The first-order valence-corrected chi connectivity index (χ1v) is 5.13. The van der Waals surface area contributed by atoms with E-state index in [1.807, 2.05) is 0 Å². The van der Waals surface area contributed by atoms with Crippen LogP contribution in [0.5, 0.6) is 0 Å². The topological polar surface area (TPSA) is 107 Å². The first-order chi connectivity index (χ1) is 7.97. The van der Waals surface area contributed by atoms with Crippen molar-refractivity contribution in [1.29, 1.82) is 0 Å². The van der Waals surface area contributed by atoms with Gasteiger partial charge in [-0.15, -0.1) is 0 Å². The van der Waals surface area contributed by atoms with Crippen LogP contribution in [0.1, 0.15) is 18.2 Å². The number of nitrogens with zero attached hydrogens (tertiary/aromatic N) is 1. The molecule has 1 amide bonds. The Morgan fingerprint density at radius 1 is 1.53 bits per heavy atom. The summed E-state index contributed by atoms with van der Waals surface area (Å²) in [6.07, 6.45) is 0. The second-order valence-electron chi connectivity index (χ2n) is 3.44. The van der Waals surface area contributed by atoms with Gasteiger partial charge in [0.05, 0.1) is 12.3 Å². The number of hydrogen-bond acceptors (Lipinski definition) is 6. The molecule has 1 aromatic heterocycles. The highest BCUT2D eigenvalue weighted by molar-refractivity contribution is 6.07. The Labute approximate surface area is 98.3 Å². The first-order valence-electron chi connectivity index (χ1n) is 5.13. The third-order valence-electron chi connectivity index (χ3n) is 2.22. The molecule has 1 atom stereocenters. The molecule has 0 aliphatic heterocycles. The van der Waals surface area contributed by atoms with Crippen molar-refractivity contribution >= 4 is 17.8 Å². The van der Waals surface area contributed by atoms with E-state index in [1.165, 1.54) is 0 Å². The molecule has 0 aliphatic carbocycles. The number of aromatic nitrogens is 1. The maximum Gasteiger partial charge on any atom is 0.332 e. The highest BCUT2D eigenvalue weighted by atomic mass is 16.5. The van der Waals surface area contributed by atoms with Crippen molar-refractivity contribution in [2.45, 2.75) is 26.8 Å². The van der Waals surface area contributed by atoms with Gasteiger partial charge in [-0.1, -0.05) is 5.16 Å². The number of aryl methyl sites for hydroxylation is 1. The Morgan fingerprint density at radius 3 is 2.65 bits per heavy atom. The normalized spacial score (nSPS) is 12.0. The fourth-order valence-electron chi connectivity index (χ4n) is 1.06. The number of carbonyl (C=O) groups is 2. The zero-order chi connectivity index (χ0) is 13.0. The van der Waals surface area contributed by atoms with Crippen LogP contribution in [0.3, 0.4) is 0 Å². The van der Waals surface area contributed by atoms with E-state index in [0.29, 0.717) is 11.3 Å². The van der Waals surface area contributed by atoms with Gasteiger partial charge in [-0.05, 0) is 20.8 Å². The van der Waals surface area contributed by atoms with Crippen LogP contribution in [-0.2, 0) is 14.3 Å². The van der Waals surface area contributed by atoms with Gasteiger partial charge in [0.15, 0.2) is 6.04 Å². The second-order valence-corrected chi connectivity index (χ2v) is 3.44. The molecule has 7 heteroatoms. The van der Waals surface area contributed by atoms with Crippen LogP contribution >= 0.6 is 0 Å². The molecule has 3 N–H and O–H groups in total. The summed E-state index contributed by atoms with van der Waals surface area (Å²) in [6, 6.07) is -1.38. The third kappa shape index (κ3) is 3.04. The third-order valence-corrected chi connectivity index (χ3v) is 2.22. The van der Waals surface area contributed by atoms with Crippen molar-refractivity contribution in [2.24, 2.45) is 5.73 Å². The molecular formula is C10H15N3O4. The molecule has 0 saturated heterocycles. The number of ether oxygens (including phenoxy) is 1. The summed E-state index contributed by atoms with van der Waals surface area (Å²) < 4.78 is 9.49. The lowest BCUT2D eigenvalue weighted by Gasteiger charge is -2.09.